The highest BCUT2D eigenvalue weighted by atomic mass is 15.3. The van der Waals surface area contributed by atoms with Gasteiger partial charge >= 0.3 is 0 Å². The van der Waals surface area contributed by atoms with Crippen LogP contribution < -0.4 is 0 Å². The predicted octanol–water partition coefficient (Wildman–Crippen LogP) is 1.85. The summed E-state index contributed by atoms with van der Waals surface area (Å²) in [6, 6.07) is 2.02. The van der Waals surface area contributed by atoms with E-state index in [1.807, 2.05) is 23.7 Å². The van der Waals surface area contributed by atoms with Gasteiger partial charge < -0.3 is 0 Å². The van der Waals surface area contributed by atoms with E-state index in [-0.39, 0.29) is 0 Å². The van der Waals surface area contributed by atoms with Crippen molar-refractivity contribution in [3.8, 4) is 0 Å². The summed E-state index contributed by atoms with van der Waals surface area (Å²) in [5, 5.41) is 4.25. The molecule has 0 unspecified atom stereocenters. The molecule has 1 aromatic heterocycles. The third kappa shape index (κ3) is 1.10. The lowest BCUT2D eigenvalue weighted by Gasteiger charge is -1.96. The minimum Gasteiger partial charge on any atom is -0.266 e. The van der Waals surface area contributed by atoms with E-state index in [2.05, 4.69) is 18.6 Å². The van der Waals surface area contributed by atoms with Crippen molar-refractivity contribution in [3.63, 3.8) is 0 Å². The summed E-state index contributed by atoms with van der Waals surface area (Å²) in [7, 11) is 0. The van der Waals surface area contributed by atoms with E-state index in [0.29, 0.717) is 0 Å². The molecule has 2 nitrogen and oxygen atoms in total. The molecular formula is C8H12N2. The zero-order valence-electron chi connectivity index (χ0n) is 6.46. The highest BCUT2D eigenvalue weighted by Gasteiger charge is 1.97. The molecule has 1 heterocycles. The normalized spacial score (nSPS) is 9.80. The Bertz CT molecular complexity index is 235. The van der Waals surface area contributed by atoms with Gasteiger partial charge in [0.25, 0.3) is 0 Å². The molecule has 1 aromatic rings. The van der Waals surface area contributed by atoms with E-state index < -0.39 is 0 Å². The summed E-state index contributed by atoms with van der Waals surface area (Å²) in [4.78, 5) is 0. The van der Waals surface area contributed by atoms with Crippen LogP contribution in [0.25, 0.3) is 6.08 Å². The maximum Gasteiger partial charge on any atom is 0.0606 e. The van der Waals surface area contributed by atoms with E-state index in [1.54, 1.807) is 0 Å². The molecule has 0 amide bonds. The van der Waals surface area contributed by atoms with Crippen LogP contribution in [0.4, 0.5) is 0 Å². The Morgan fingerprint density at radius 1 is 1.80 bits per heavy atom. The Kier molecular flexibility index (Phi) is 1.90. The zero-order valence-corrected chi connectivity index (χ0v) is 6.46. The Morgan fingerprint density at radius 2 is 2.50 bits per heavy atom. The van der Waals surface area contributed by atoms with Gasteiger partial charge in [-0.2, -0.15) is 5.10 Å². The van der Waals surface area contributed by atoms with E-state index >= 15 is 0 Å². The fourth-order valence-electron chi connectivity index (χ4n) is 0.983. The van der Waals surface area contributed by atoms with Gasteiger partial charge in [-0.1, -0.05) is 6.58 Å². The van der Waals surface area contributed by atoms with Gasteiger partial charge in [-0.25, -0.2) is 0 Å². The lowest BCUT2D eigenvalue weighted by Crippen LogP contribution is -1.98. The average Bonchev–Trinajstić information content (AvgIpc) is 2.30. The first-order valence-electron chi connectivity index (χ1n) is 3.44. The quantitative estimate of drug-likeness (QED) is 0.606. The Balaban J connectivity index is 3.08. The van der Waals surface area contributed by atoms with Crippen molar-refractivity contribution in [2.24, 2.45) is 0 Å². The lowest BCUT2D eigenvalue weighted by atomic mass is 10.4. The first kappa shape index (κ1) is 7.06. The molecule has 54 valence electrons. The van der Waals surface area contributed by atoms with Crippen molar-refractivity contribution in [3.05, 3.63) is 24.0 Å². The molecule has 1 rings (SSSR count). The lowest BCUT2D eigenvalue weighted by molar-refractivity contribution is 0.648. The average molecular weight is 136 g/mol. The van der Waals surface area contributed by atoms with Gasteiger partial charge in [0.2, 0.25) is 0 Å². The van der Waals surface area contributed by atoms with Crippen LogP contribution in [0.3, 0.4) is 0 Å². The molecule has 0 N–H and O–H groups in total. The molecule has 2 heteroatoms. The van der Waals surface area contributed by atoms with Crippen LogP contribution >= 0.6 is 0 Å². The Labute approximate surface area is 61.2 Å². The third-order valence-electron chi connectivity index (χ3n) is 1.44. The summed E-state index contributed by atoms with van der Waals surface area (Å²) in [5.41, 5.74) is 2.15. The summed E-state index contributed by atoms with van der Waals surface area (Å²) in [6.07, 6.45) is 1.82. The summed E-state index contributed by atoms with van der Waals surface area (Å²) < 4.78 is 1.93. The van der Waals surface area contributed by atoms with Crippen LogP contribution in [-0.2, 0) is 6.54 Å². The smallest absolute Gasteiger partial charge is 0.0606 e. The number of nitrogens with zero attached hydrogens (tertiary/aromatic N) is 2. The molecule has 10 heavy (non-hydrogen) atoms. The molecule has 0 saturated carbocycles. The predicted molar refractivity (Wildman–Crippen MR) is 42.7 cm³/mol. The summed E-state index contributed by atoms with van der Waals surface area (Å²) in [5.74, 6) is 0. The number of aryl methyl sites for hydroxylation is 2. The summed E-state index contributed by atoms with van der Waals surface area (Å²) in [6.45, 7) is 8.66. The number of rotatable bonds is 2. The van der Waals surface area contributed by atoms with Crippen LogP contribution in [0.15, 0.2) is 12.6 Å². The van der Waals surface area contributed by atoms with Crippen molar-refractivity contribution in [2.75, 3.05) is 0 Å². The second-order valence-corrected chi connectivity index (χ2v) is 2.23. The van der Waals surface area contributed by atoms with E-state index in [1.165, 1.54) is 0 Å². The van der Waals surface area contributed by atoms with Crippen molar-refractivity contribution in [1.82, 2.24) is 9.78 Å². The highest BCUT2D eigenvalue weighted by Crippen LogP contribution is 2.03. The monoisotopic (exact) mass is 136 g/mol. The SMILES string of the molecule is C=Cc1cc(C)nn1CC. The molecule has 0 saturated heterocycles. The van der Waals surface area contributed by atoms with Gasteiger partial charge in [-0.3, -0.25) is 4.68 Å². The fraction of sp³-hybridized carbons (Fsp3) is 0.375. The van der Waals surface area contributed by atoms with Gasteiger partial charge in [-0.15, -0.1) is 0 Å². The molecule has 0 fully saturated rings. The summed E-state index contributed by atoms with van der Waals surface area (Å²) >= 11 is 0. The van der Waals surface area contributed by atoms with Crippen LogP contribution in [0, 0.1) is 6.92 Å². The molecule has 0 bridgehead atoms. The Hall–Kier alpha value is -1.05. The van der Waals surface area contributed by atoms with Crippen LogP contribution in [0.1, 0.15) is 18.3 Å². The first-order chi connectivity index (χ1) is 4.77. The van der Waals surface area contributed by atoms with E-state index in [4.69, 9.17) is 0 Å². The van der Waals surface area contributed by atoms with Crippen LogP contribution in [-0.4, -0.2) is 9.78 Å². The van der Waals surface area contributed by atoms with Crippen LogP contribution in [0.5, 0.6) is 0 Å². The second kappa shape index (κ2) is 2.69. The topological polar surface area (TPSA) is 17.8 Å². The number of hydrogen-bond donors (Lipinski definition) is 0. The van der Waals surface area contributed by atoms with Gasteiger partial charge in [0.15, 0.2) is 0 Å². The van der Waals surface area contributed by atoms with Crippen molar-refractivity contribution < 1.29 is 0 Å². The molecule has 0 aromatic carbocycles. The second-order valence-electron chi connectivity index (χ2n) is 2.23. The number of aromatic nitrogens is 2. The molecular weight excluding hydrogens is 124 g/mol. The van der Waals surface area contributed by atoms with Gasteiger partial charge in [0.1, 0.15) is 0 Å². The molecule has 0 spiro atoms. The number of hydrogen-bond acceptors (Lipinski definition) is 1. The van der Waals surface area contributed by atoms with Crippen molar-refractivity contribution in [1.29, 1.82) is 0 Å². The molecule has 0 atom stereocenters. The first-order valence-corrected chi connectivity index (χ1v) is 3.44. The molecule has 0 aliphatic heterocycles. The van der Waals surface area contributed by atoms with Crippen molar-refractivity contribution in [2.45, 2.75) is 20.4 Å². The maximum absolute atomic E-state index is 4.25. The molecule has 0 aliphatic rings. The van der Waals surface area contributed by atoms with Gasteiger partial charge in [-0.05, 0) is 26.0 Å². The third-order valence-corrected chi connectivity index (χ3v) is 1.44. The largest absolute Gasteiger partial charge is 0.266 e. The zero-order chi connectivity index (χ0) is 7.56. The maximum atomic E-state index is 4.25. The highest BCUT2D eigenvalue weighted by molar-refractivity contribution is 5.42. The van der Waals surface area contributed by atoms with Crippen molar-refractivity contribution >= 4 is 6.08 Å². The van der Waals surface area contributed by atoms with Gasteiger partial charge in [0, 0.05) is 6.54 Å². The van der Waals surface area contributed by atoms with Gasteiger partial charge in [0.05, 0.1) is 11.4 Å². The minimum atomic E-state index is 0.912. The molecule has 0 aliphatic carbocycles. The van der Waals surface area contributed by atoms with Crippen LogP contribution in [0.2, 0.25) is 0 Å². The minimum absolute atomic E-state index is 0.912. The van der Waals surface area contributed by atoms with E-state index in [9.17, 15) is 0 Å². The van der Waals surface area contributed by atoms with E-state index in [0.717, 1.165) is 17.9 Å². The molecule has 0 radical (unpaired) electrons. The Morgan fingerprint density at radius 3 is 2.90 bits per heavy atom. The standard InChI is InChI=1S/C8H12N2/c1-4-8-6-7(3)9-10(8)5-2/h4,6H,1,5H2,2-3H3. The fourth-order valence-corrected chi connectivity index (χ4v) is 0.983.